The van der Waals surface area contributed by atoms with Crippen LogP contribution in [-0.4, -0.2) is 34.6 Å². The molecule has 0 aromatic rings. The van der Waals surface area contributed by atoms with Crippen molar-refractivity contribution in [1.29, 1.82) is 0 Å². The van der Waals surface area contributed by atoms with Gasteiger partial charge in [-0.1, -0.05) is 54.3 Å². The molecule has 0 fully saturated rings. The van der Waals surface area contributed by atoms with Gasteiger partial charge < -0.3 is 8.85 Å². The zero-order valence-electron chi connectivity index (χ0n) is 14.9. The predicted octanol–water partition coefficient (Wildman–Crippen LogP) is 4.58. The third kappa shape index (κ3) is 6.64. The lowest BCUT2D eigenvalue weighted by atomic mass is 9.93. The molecule has 122 valence electrons. The summed E-state index contributed by atoms with van der Waals surface area (Å²) in [7, 11) is -3.31. The van der Waals surface area contributed by atoms with Crippen molar-refractivity contribution in [2.75, 3.05) is 13.2 Å². The minimum absolute atomic E-state index is 0.0322. The average Bonchev–Trinajstić information content (AvgIpc) is 2.25. The molecule has 1 atom stereocenters. The van der Waals surface area contributed by atoms with Crippen LogP contribution in [0.3, 0.4) is 0 Å². The summed E-state index contributed by atoms with van der Waals surface area (Å²) in [5.41, 5.74) is 0.248. The Morgan fingerprint density at radius 3 is 1.60 bits per heavy atom. The maximum atomic E-state index is 6.21. The van der Waals surface area contributed by atoms with Crippen molar-refractivity contribution in [3.63, 3.8) is 0 Å². The van der Waals surface area contributed by atoms with Gasteiger partial charge in [-0.2, -0.15) is 12.6 Å². The molecule has 0 aliphatic heterocycles. The molecule has 0 aromatic heterocycles. The van der Waals surface area contributed by atoms with Gasteiger partial charge in [0.25, 0.3) is 0 Å². The molecule has 2 nitrogen and oxygen atoms in total. The predicted molar refractivity (Wildman–Crippen MR) is 98.8 cm³/mol. The van der Waals surface area contributed by atoms with E-state index in [-0.39, 0.29) is 9.41 Å². The normalized spacial score (nSPS) is 16.5. The van der Waals surface area contributed by atoms with Gasteiger partial charge in [-0.25, -0.2) is 0 Å². The van der Waals surface area contributed by atoms with E-state index in [0.29, 0.717) is 0 Å². The maximum Gasteiger partial charge on any atom is 0.334 e. The lowest BCUT2D eigenvalue weighted by Crippen LogP contribution is -2.62. The topological polar surface area (TPSA) is 18.5 Å². The zero-order chi connectivity index (χ0) is 16.0. The zero-order valence-corrected chi connectivity index (χ0v) is 17.9. The first-order valence-electron chi connectivity index (χ1n) is 7.93. The SMILES string of the molecule is CCCO[SiH](OCCC)[C@](S)(CC(C)(C)C)[Si](C)(C)C. The molecule has 20 heavy (non-hydrogen) atoms. The molecule has 0 heterocycles. The number of hydrogen-bond acceptors (Lipinski definition) is 3. The lowest BCUT2D eigenvalue weighted by Gasteiger charge is -2.46. The number of rotatable bonds is 9. The van der Waals surface area contributed by atoms with Gasteiger partial charge in [-0.3, -0.25) is 0 Å². The van der Waals surface area contributed by atoms with Crippen LogP contribution in [0.4, 0.5) is 0 Å². The molecule has 0 rings (SSSR count). The molecule has 0 amide bonds. The summed E-state index contributed by atoms with van der Waals surface area (Å²) in [6.07, 6.45) is 3.16. The van der Waals surface area contributed by atoms with Gasteiger partial charge in [0.05, 0.1) is 8.07 Å². The molecule has 0 saturated heterocycles. The molecule has 0 unspecified atom stereocenters. The van der Waals surface area contributed by atoms with Crippen LogP contribution in [0, 0.1) is 5.41 Å². The highest BCUT2D eigenvalue weighted by Crippen LogP contribution is 2.41. The molecule has 5 heteroatoms. The second-order valence-electron chi connectivity index (χ2n) is 7.99. The summed E-state index contributed by atoms with van der Waals surface area (Å²) in [5, 5.41) is 0. The molecule has 0 aliphatic rings. The van der Waals surface area contributed by atoms with Crippen molar-refractivity contribution in [2.45, 2.75) is 77.5 Å². The van der Waals surface area contributed by atoms with E-state index >= 15 is 0 Å². The van der Waals surface area contributed by atoms with Crippen LogP contribution in [0.15, 0.2) is 0 Å². The standard InChI is InChI=1S/C15H36O2SSi2/c1-9-11-16-19(17-12-10-2)15(18,20(6,7)8)13-14(3,4)5/h18-19H,9-13H2,1-8H3/t15-/m1/s1. The highest BCUT2D eigenvalue weighted by atomic mass is 32.1. The Morgan fingerprint density at radius 1 is 0.950 bits per heavy atom. The summed E-state index contributed by atoms with van der Waals surface area (Å²) < 4.78 is 12.4. The van der Waals surface area contributed by atoms with Gasteiger partial charge in [0.15, 0.2) is 0 Å². The summed E-state index contributed by atoms with van der Waals surface area (Å²) in [6, 6.07) is 0. The fourth-order valence-corrected chi connectivity index (χ4v) is 9.92. The average molecular weight is 337 g/mol. The van der Waals surface area contributed by atoms with Crippen LogP contribution in [0.25, 0.3) is 0 Å². The van der Waals surface area contributed by atoms with E-state index in [9.17, 15) is 0 Å². The second kappa shape index (κ2) is 8.37. The maximum absolute atomic E-state index is 6.21. The van der Waals surface area contributed by atoms with Crippen molar-refractivity contribution < 1.29 is 8.85 Å². The Morgan fingerprint density at radius 2 is 1.35 bits per heavy atom. The Bertz CT molecular complexity index is 266. The van der Waals surface area contributed by atoms with Crippen LogP contribution in [0.5, 0.6) is 0 Å². The first-order valence-corrected chi connectivity index (χ1v) is 13.4. The minimum Gasteiger partial charge on any atom is -0.396 e. The van der Waals surface area contributed by atoms with Crippen molar-refractivity contribution in [2.24, 2.45) is 5.41 Å². The van der Waals surface area contributed by atoms with Crippen molar-refractivity contribution in [3.05, 3.63) is 0 Å². The van der Waals surface area contributed by atoms with Crippen LogP contribution >= 0.6 is 12.6 Å². The Kier molecular flexibility index (Phi) is 8.66. The molecule has 0 radical (unpaired) electrons. The van der Waals surface area contributed by atoms with Crippen molar-refractivity contribution in [3.8, 4) is 0 Å². The third-order valence-electron chi connectivity index (χ3n) is 3.44. The highest BCUT2D eigenvalue weighted by molar-refractivity contribution is 7.86. The van der Waals surface area contributed by atoms with Gasteiger partial charge in [-0.15, -0.1) is 0 Å². The number of thiol groups is 1. The molecule has 0 N–H and O–H groups in total. The first-order chi connectivity index (χ1) is 8.98. The van der Waals surface area contributed by atoms with E-state index < -0.39 is 17.4 Å². The van der Waals surface area contributed by atoms with Gasteiger partial charge in [-0.05, 0) is 24.7 Å². The summed E-state index contributed by atoms with van der Waals surface area (Å²) >= 11 is 5.21. The van der Waals surface area contributed by atoms with Crippen LogP contribution in [0.2, 0.25) is 19.6 Å². The molecule has 0 spiro atoms. The van der Waals surface area contributed by atoms with E-state index in [1.807, 2.05) is 0 Å². The highest BCUT2D eigenvalue weighted by Gasteiger charge is 2.51. The van der Waals surface area contributed by atoms with Gasteiger partial charge >= 0.3 is 9.28 Å². The molecule has 0 aromatic carbocycles. The van der Waals surface area contributed by atoms with Gasteiger partial charge in [0.2, 0.25) is 0 Å². The largest absolute Gasteiger partial charge is 0.396 e. The van der Waals surface area contributed by atoms with E-state index in [1.165, 1.54) is 0 Å². The lowest BCUT2D eigenvalue weighted by molar-refractivity contribution is 0.184. The smallest absolute Gasteiger partial charge is 0.334 e. The molecular weight excluding hydrogens is 300 g/mol. The summed E-state index contributed by atoms with van der Waals surface area (Å²) in [6.45, 7) is 20.0. The quantitative estimate of drug-likeness (QED) is 0.491. The second-order valence-corrected chi connectivity index (χ2v) is 18.0. The van der Waals surface area contributed by atoms with E-state index in [1.54, 1.807) is 0 Å². The molecule has 0 bridgehead atoms. The van der Waals surface area contributed by atoms with Crippen molar-refractivity contribution in [1.82, 2.24) is 0 Å². The minimum atomic E-state index is -1.80. The number of hydrogen-bond donors (Lipinski definition) is 1. The van der Waals surface area contributed by atoms with Crippen molar-refractivity contribution >= 4 is 30.0 Å². The Labute approximate surface area is 135 Å². The first kappa shape index (κ1) is 20.7. The fourth-order valence-electron chi connectivity index (χ4n) is 2.28. The van der Waals surface area contributed by atoms with Crippen LogP contribution in [-0.2, 0) is 8.85 Å². The Hall–Kier alpha value is 0.704. The molecule has 0 aliphatic carbocycles. The van der Waals surface area contributed by atoms with E-state index in [2.05, 4.69) is 54.3 Å². The monoisotopic (exact) mass is 336 g/mol. The fraction of sp³-hybridized carbons (Fsp3) is 1.00. The van der Waals surface area contributed by atoms with Gasteiger partial charge in [0, 0.05) is 17.2 Å². The summed E-state index contributed by atoms with van der Waals surface area (Å²) in [5.74, 6) is 0. The van der Waals surface area contributed by atoms with Crippen LogP contribution in [0.1, 0.15) is 53.9 Å². The van der Waals surface area contributed by atoms with Crippen LogP contribution < -0.4 is 0 Å². The molecule has 0 saturated carbocycles. The van der Waals surface area contributed by atoms with Gasteiger partial charge in [0.1, 0.15) is 0 Å². The van der Waals surface area contributed by atoms with E-state index in [0.717, 1.165) is 32.5 Å². The Balaban J connectivity index is 5.28. The summed E-state index contributed by atoms with van der Waals surface area (Å²) in [4.78, 5) is 0. The van der Waals surface area contributed by atoms with E-state index in [4.69, 9.17) is 21.5 Å². The third-order valence-corrected chi connectivity index (χ3v) is 14.4. The molecular formula is C15H36O2SSi2.